The molecule has 0 spiro atoms. The van der Waals surface area contributed by atoms with Crippen LogP contribution in [0.1, 0.15) is 111 Å². The number of ether oxygens (including phenoxy) is 1. The lowest BCUT2D eigenvalue weighted by Crippen LogP contribution is -2.61. The minimum Gasteiger partial charge on any atom is -0.480 e. The molecular formula is C46H85ClN8O10S. The van der Waals surface area contributed by atoms with Gasteiger partial charge in [0.15, 0.2) is 0 Å². The molecule has 2 aliphatic heterocycles. The minimum absolute atomic E-state index is 0. The molecule has 6 N–H and O–H groups in total. The molecule has 4 aliphatic rings. The molecule has 66 heavy (non-hydrogen) atoms. The van der Waals surface area contributed by atoms with Gasteiger partial charge in [0.2, 0.25) is 21.8 Å². The number of aliphatic carboxylic acids is 1. The number of carboxylic acids is 1. The number of nitrogens with zero attached hydrogens (tertiary/aromatic N) is 3. The van der Waals surface area contributed by atoms with Crippen LogP contribution in [0, 0.1) is 56.2 Å². The van der Waals surface area contributed by atoms with E-state index >= 15 is 0 Å². The first-order valence-corrected chi connectivity index (χ1v) is 24.6. The Labute approximate surface area is 401 Å². The van der Waals surface area contributed by atoms with Crippen molar-refractivity contribution in [1.29, 1.82) is 0 Å². The zero-order chi connectivity index (χ0) is 50.5. The van der Waals surface area contributed by atoms with Crippen molar-refractivity contribution in [3.05, 3.63) is 0 Å². The van der Waals surface area contributed by atoms with Gasteiger partial charge in [-0.3, -0.25) is 9.59 Å². The molecule has 20 heteroatoms. The number of urea groups is 2. The van der Waals surface area contributed by atoms with Gasteiger partial charge in [-0.1, -0.05) is 111 Å². The van der Waals surface area contributed by atoms with Gasteiger partial charge in [-0.2, -0.15) is 0 Å². The van der Waals surface area contributed by atoms with Crippen molar-refractivity contribution < 1.29 is 47.0 Å². The average molecular weight is 978 g/mol. The lowest BCUT2D eigenvalue weighted by atomic mass is 9.85. The smallest absolute Gasteiger partial charge is 0.328 e. The Kier molecular flexibility index (Phi) is 18.0. The van der Waals surface area contributed by atoms with Gasteiger partial charge in [0, 0.05) is 57.1 Å². The second-order valence-electron chi connectivity index (χ2n) is 24.4. The lowest BCUT2D eigenvalue weighted by molar-refractivity contribution is -0.154. The number of halogens is 1. The van der Waals surface area contributed by atoms with Crippen molar-refractivity contribution in [2.45, 2.75) is 147 Å². The molecule has 2 aliphatic carbocycles. The topological polar surface area (TPSA) is 236 Å². The summed E-state index contributed by atoms with van der Waals surface area (Å²) in [6.07, 6.45) is 1.10. The number of esters is 1. The molecule has 4 unspecified atom stereocenters. The van der Waals surface area contributed by atoms with E-state index < -0.39 is 74.4 Å². The zero-order valence-electron chi connectivity index (χ0n) is 43.4. The summed E-state index contributed by atoms with van der Waals surface area (Å²) < 4.78 is 30.0. The summed E-state index contributed by atoms with van der Waals surface area (Å²) in [5, 5.41) is 24.4. The molecule has 0 bridgehead atoms. The van der Waals surface area contributed by atoms with E-state index in [0.717, 1.165) is 6.26 Å². The first kappa shape index (κ1) is 58.7. The molecular weight excluding hydrogens is 892 g/mol. The highest BCUT2D eigenvalue weighted by atomic mass is 35.5. The van der Waals surface area contributed by atoms with Crippen molar-refractivity contribution in [2.24, 2.45) is 56.2 Å². The van der Waals surface area contributed by atoms with Gasteiger partial charge in [-0.15, -0.1) is 12.4 Å². The Morgan fingerprint density at radius 2 is 1.05 bits per heavy atom. The number of amides is 6. The monoisotopic (exact) mass is 977 g/mol. The first-order chi connectivity index (χ1) is 29.2. The van der Waals surface area contributed by atoms with Gasteiger partial charge in [0.1, 0.15) is 24.2 Å². The number of likely N-dealkylation sites (tertiary alicyclic amines) is 2. The second kappa shape index (κ2) is 20.3. The zero-order valence-corrected chi connectivity index (χ0v) is 45.0. The summed E-state index contributed by atoms with van der Waals surface area (Å²) in [7, 11) is 1.20. The number of carbonyl (C=O) groups excluding carboxylic acids is 5. The van der Waals surface area contributed by atoms with E-state index in [9.17, 15) is 42.3 Å². The number of carboxylic acid groups (broad SMARTS) is 1. The van der Waals surface area contributed by atoms with Crippen molar-refractivity contribution in [3.8, 4) is 0 Å². The highest BCUT2D eigenvalue weighted by Gasteiger charge is 2.71. The van der Waals surface area contributed by atoms with Gasteiger partial charge < -0.3 is 46.2 Å². The van der Waals surface area contributed by atoms with E-state index in [1.165, 1.54) is 23.4 Å². The Balaban J connectivity index is 0.000000448. The normalized spacial score (nSPS) is 25.8. The van der Waals surface area contributed by atoms with E-state index in [0.29, 0.717) is 19.6 Å². The summed E-state index contributed by atoms with van der Waals surface area (Å²) in [5.74, 6) is -1.66. The first-order valence-electron chi connectivity index (χ1n) is 22.8. The van der Waals surface area contributed by atoms with Crippen LogP contribution in [-0.4, -0.2) is 153 Å². The highest BCUT2D eigenvalue weighted by molar-refractivity contribution is 7.88. The summed E-state index contributed by atoms with van der Waals surface area (Å²) in [4.78, 5) is 80.7. The third kappa shape index (κ3) is 13.2. The molecule has 4 rings (SSSR count). The summed E-state index contributed by atoms with van der Waals surface area (Å²) in [5.41, 5.74) is -1.93. The van der Waals surface area contributed by atoms with Crippen LogP contribution in [-0.2, 0) is 33.9 Å². The largest absolute Gasteiger partial charge is 0.480 e. The SMILES string of the molecule is CN(C[C@@H](NC(=O)N[C@H](C(=O)N1CC2C([C@H]1C(=O)O)C2(C)C)C(C)(C)C)C(C)(C)C)S(C)(=O)=O.CNC[C@@H](NC(=O)N[C@H](C(=O)N1CC2C([C@H]1C(=O)OC)C2(C)C)C(C)(C)C)C(C)(C)C.Cl. The van der Waals surface area contributed by atoms with Crippen LogP contribution in [0.2, 0.25) is 0 Å². The van der Waals surface area contributed by atoms with Crippen molar-refractivity contribution in [3.63, 3.8) is 0 Å². The fourth-order valence-electron chi connectivity index (χ4n) is 9.70. The lowest BCUT2D eigenvalue weighted by Gasteiger charge is -2.38. The van der Waals surface area contributed by atoms with Crippen LogP contribution >= 0.6 is 12.4 Å². The minimum atomic E-state index is -3.44. The number of hydrogen-bond acceptors (Lipinski definition) is 10. The number of rotatable bonds is 13. The number of sulfonamides is 1. The molecule has 0 aromatic heterocycles. The second-order valence-corrected chi connectivity index (χ2v) is 26.5. The Morgan fingerprint density at radius 1 is 0.682 bits per heavy atom. The maximum Gasteiger partial charge on any atom is 0.328 e. The van der Waals surface area contributed by atoms with Crippen LogP contribution in [0.25, 0.3) is 0 Å². The Morgan fingerprint density at radius 3 is 1.36 bits per heavy atom. The molecule has 0 radical (unpaired) electrons. The number of piperidine rings is 2. The molecule has 0 aromatic rings. The van der Waals surface area contributed by atoms with E-state index in [1.54, 1.807) is 4.90 Å². The van der Waals surface area contributed by atoms with Gasteiger partial charge in [-0.25, -0.2) is 31.9 Å². The van der Waals surface area contributed by atoms with Crippen LogP contribution < -0.4 is 26.6 Å². The molecule has 6 amide bonds. The maximum absolute atomic E-state index is 13.6. The van der Waals surface area contributed by atoms with Crippen LogP contribution in [0.3, 0.4) is 0 Å². The van der Waals surface area contributed by atoms with E-state index in [-0.39, 0.29) is 82.8 Å². The van der Waals surface area contributed by atoms with Crippen LogP contribution in [0.4, 0.5) is 9.59 Å². The molecule has 18 nitrogen and oxygen atoms in total. The van der Waals surface area contributed by atoms with Crippen molar-refractivity contribution in [1.82, 2.24) is 40.7 Å². The number of methoxy groups -OCH3 is 1. The van der Waals surface area contributed by atoms with E-state index in [2.05, 4.69) is 61.2 Å². The van der Waals surface area contributed by atoms with Gasteiger partial charge in [-0.05, 0) is 51.4 Å². The third-order valence-electron chi connectivity index (χ3n) is 14.6. The summed E-state index contributed by atoms with van der Waals surface area (Å²) in [6.45, 7) is 32.8. The number of fused-ring (bicyclic) bond motifs is 2. The number of hydrogen-bond donors (Lipinski definition) is 6. The molecule has 0 aromatic carbocycles. The maximum atomic E-state index is 13.6. The number of carbonyl (C=O) groups is 6. The van der Waals surface area contributed by atoms with Crippen molar-refractivity contribution >= 4 is 58.2 Å². The molecule has 10 atom stereocenters. The Bertz CT molecular complexity index is 1920. The van der Waals surface area contributed by atoms with Crippen LogP contribution in [0.15, 0.2) is 0 Å². The number of nitrogens with one attached hydrogen (secondary N) is 5. The quantitative estimate of drug-likeness (QED) is 0.145. The van der Waals surface area contributed by atoms with Gasteiger partial charge in [0.05, 0.1) is 13.4 Å². The van der Waals surface area contributed by atoms with E-state index in [4.69, 9.17) is 4.74 Å². The summed E-state index contributed by atoms with van der Waals surface area (Å²) in [6, 6.07) is -4.87. The predicted molar refractivity (Wildman–Crippen MR) is 257 cm³/mol. The predicted octanol–water partition coefficient (Wildman–Crippen LogP) is 3.99. The Hall–Kier alpha value is -3.42. The molecule has 2 saturated carbocycles. The standard InChI is InChI=1S/C23H42N4O6S.C23H42N4O4.ClH/c1-21(2,3)14(12-26(9)34(10,32)33)24-20(31)25-17(22(4,5)6)18(28)27-11-13-15(23(13,7)8)16(27)19(29)30;1-21(2,3)14(11-24-9)25-20(30)26-17(22(4,5)6)18(28)27-12-13-15(23(13,7)8)16(27)19(29)31-10;/h13-17H,11-12H2,1-10H3,(H,29,30)(H2,24,25,31);13-17,24H,11-12H2,1-10H3,(H2,25,26,30);1H/t2*13?,14-,15?,16+,17-;/m11./s1. The van der Waals surface area contributed by atoms with Crippen LogP contribution in [0.5, 0.6) is 0 Å². The van der Waals surface area contributed by atoms with Gasteiger partial charge >= 0.3 is 24.0 Å². The summed E-state index contributed by atoms with van der Waals surface area (Å²) >= 11 is 0. The van der Waals surface area contributed by atoms with E-state index in [1.807, 2.05) is 83.2 Å². The average Bonchev–Trinajstić information content (AvgIpc) is 3.60. The molecule has 2 heterocycles. The third-order valence-corrected chi connectivity index (χ3v) is 15.9. The molecule has 382 valence electrons. The fraction of sp³-hybridized carbons (Fsp3) is 0.870. The molecule has 2 saturated heterocycles. The fourth-order valence-corrected chi connectivity index (χ4v) is 10.1. The number of likely N-dealkylation sites (N-methyl/N-ethyl adjacent to an activating group) is 2. The highest BCUT2D eigenvalue weighted by Crippen LogP contribution is 2.66. The van der Waals surface area contributed by atoms with Crippen molar-refractivity contribution in [2.75, 3.05) is 53.6 Å². The van der Waals surface area contributed by atoms with Gasteiger partial charge in [0.25, 0.3) is 0 Å². The molecule has 4 fully saturated rings.